The number of pyridine rings is 1. The molecule has 3 rings (SSSR count). The molecule has 0 saturated carbocycles. The van der Waals surface area contributed by atoms with Gasteiger partial charge in [0.2, 0.25) is 5.88 Å². The van der Waals surface area contributed by atoms with Crippen LogP contribution in [0.4, 0.5) is 4.79 Å². The number of nitrogens with zero attached hydrogens (tertiary/aromatic N) is 2. The highest BCUT2D eigenvalue weighted by molar-refractivity contribution is 6.32. The molecule has 8 heteroatoms. The van der Waals surface area contributed by atoms with Crippen LogP contribution >= 0.6 is 11.6 Å². The largest absolute Gasteiger partial charge is 0.474 e. The predicted octanol–water partition coefficient (Wildman–Crippen LogP) is 3.40. The Balaban J connectivity index is 1.72. The Bertz CT molecular complexity index is 775. The summed E-state index contributed by atoms with van der Waals surface area (Å²) in [6.45, 7) is 9.59. The maximum atomic E-state index is 12.7. The van der Waals surface area contributed by atoms with Crippen LogP contribution in [0, 0.1) is 5.92 Å². The Hall–Kier alpha value is -1.86. The number of carbonyl (C=O) groups is 2. The van der Waals surface area contributed by atoms with E-state index in [4.69, 9.17) is 25.8 Å². The fraction of sp³-hybridized carbons (Fsp3) is 0.650. The molecule has 0 N–H and O–H groups in total. The molecule has 1 aliphatic heterocycles. The summed E-state index contributed by atoms with van der Waals surface area (Å²) in [5.41, 5.74) is 0.482. The van der Waals surface area contributed by atoms with Crippen LogP contribution in [-0.4, -0.2) is 52.8 Å². The van der Waals surface area contributed by atoms with Crippen LogP contribution in [0.5, 0.6) is 5.88 Å². The second-order valence-electron chi connectivity index (χ2n) is 8.76. The number of amides is 1. The van der Waals surface area contributed by atoms with Crippen molar-refractivity contribution in [2.24, 2.45) is 5.92 Å². The molecule has 0 spiro atoms. The van der Waals surface area contributed by atoms with Gasteiger partial charge in [-0.3, -0.25) is 4.90 Å². The molecule has 1 amide bonds. The number of aldehydes is 1. The van der Waals surface area contributed by atoms with Crippen LogP contribution < -0.4 is 4.74 Å². The molecule has 2 heterocycles. The Kier molecular flexibility index (Phi) is 5.60. The number of hydrogen-bond donors (Lipinski definition) is 0. The Labute approximate surface area is 170 Å². The summed E-state index contributed by atoms with van der Waals surface area (Å²) in [4.78, 5) is 29.6. The number of hydrogen-bond acceptors (Lipinski definition) is 6. The molecule has 7 nitrogen and oxygen atoms in total. The molecule has 2 atom stereocenters. The summed E-state index contributed by atoms with van der Waals surface area (Å²) in [6.07, 6.45) is 3.46. The van der Waals surface area contributed by atoms with Crippen LogP contribution in [0.15, 0.2) is 6.20 Å². The van der Waals surface area contributed by atoms with E-state index in [9.17, 15) is 9.59 Å². The highest BCUT2D eigenvalue weighted by Gasteiger charge is 2.46. The van der Waals surface area contributed by atoms with Crippen LogP contribution in [0.25, 0.3) is 0 Å². The Morgan fingerprint density at radius 2 is 2.14 bits per heavy atom. The lowest BCUT2D eigenvalue weighted by molar-refractivity contribution is -0.110. The van der Waals surface area contributed by atoms with E-state index >= 15 is 0 Å². The van der Waals surface area contributed by atoms with Gasteiger partial charge in [-0.1, -0.05) is 11.6 Å². The fourth-order valence-corrected chi connectivity index (χ4v) is 3.92. The van der Waals surface area contributed by atoms with Crippen molar-refractivity contribution < 1.29 is 23.8 Å². The van der Waals surface area contributed by atoms with Crippen molar-refractivity contribution in [1.29, 1.82) is 0 Å². The van der Waals surface area contributed by atoms with Gasteiger partial charge in [-0.05, 0) is 58.6 Å². The van der Waals surface area contributed by atoms with Crippen molar-refractivity contribution in [3.05, 3.63) is 22.3 Å². The van der Waals surface area contributed by atoms with Crippen molar-refractivity contribution in [3.8, 4) is 5.88 Å². The highest BCUT2D eigenvalue weighted by Crippen LogP contribution is 2.36. The van der Waals surface area contributed by atoms with Gasteiger partial charge in [0, 0.05) is 12.1 Å². The van der Waals surface area contributed by atoms with E-state index in [0.717, 1.165) is 17.4 Å². The zero-order chi connectivity index (χ0) is 20.7. The molecule has 0 bridgehead atoms. The topological polar surface area (TPSA) is 78.0 Å². The first kappa shape index (κ1) is 20.9. The first-order valence-corrected chi connectivity index (χ1v) is 9.80. The number of rotatable bonds is 4. The number of halogens is 1. The highest BCUT2D eigenvalue weighted by atomic mass is 35.5. The van der Waals surface area contributed by atoms with Gasteiger partial charge in [0.15, 0.2) is 0 Å². The molecule has 1 saturated heterocycles. The van der Waals surface area contributed by atoms with Crippen molar-refractivity contribution >= 4 is 24.0 Å². The number of carbonyl (C=O) groups excluding carboxylic acids is 2. The summed E-state index contributed by atoms with van der Waals surface area (Å²) in [7, 11) is 0. The summed E-state index contributed by atoms with van der Waals surface area (Å²) >= 11 is 6.46. The monoisotopic (exact) mass is 410 g/mol. The summed E-state index contributed by atoms with van der Waals surface area (Å²) < 4.78 is 17.2. The first-order chi connectivity index (χ1) is 13.0. The van der Waals surface area contributed by atoms with Crippen LogP contribution in [-0.2, 0) is 27.1 Å². The van der Waals surface area contributed by atoms with E-state index in [0.29, 0.717) is 30.4 Å². The van der Waals surface area contributed by atoms with Gasteiger partial charge in [0.25, 0.3) is 0 Å². The SMILES string of the molecule is CC(C)(C)OC(=O)N1[C@@H](COc2ncc3c(c2Cl)CC(C=O)C3)COC1(C)C. The lowest BCUT2D eigenvalue weighted by atomic mass is 10.1. The van der Waals surface area contributed by atoms with Gasteiger partial charge >= 0.3 is 6.09 Å². The summed E-state index contributed by atoms with van der Waals surface area (Å²) in [5.74, 6) is 0.247. The second-order valence-corrected chi connectivity index (χ2v) is 9.14. The molecule has 1 aliphatic carbocycles. The van der Waals surface area contributed by atoms with Crippen molar-refractivity contribution in [2.45, 2.75) is 64.8 Å². The zero-order valence-electron chi connectivity index (χ0n) is 17.0. The van der Waals surface area contributed by atoms with Gasteiger partial charge in [0.1, 0.15) is 29.2 Å². The van der Waals surface area contributed by atoms with E-state index in [-0.39, 0.29) is 18.6 Å². The molecule has 0 aromatic carbocycles. The maximum absolute atomic E-state index is 12.7. The van der Waals surface area contributed by atoms with Crippen LogP contribution in [0.1, 0.15) is 45.7 Å². The standard InChI is InChI=1S/C20H27ClN2O5/c1-19(2,3)28-18(25)23-14(11-27-20(23,4)5)10-26-17-16(21)15-7-12(9-24)6-13(15)8-22-17/h8-9,12,14H,6-7,10-11H2,1-5H3/t12?,14-/m0/s1. The third-order valence-electron chi connectivity index (χ3n) is 4.90. The Morgan fingerprint density at radius 1 is 1.43 bits per heavy atom. The molecular weight excluding hydrogens is 384 g/mol. The molecule has 0 radical (unpaired) electrons. The van der Waals surface area contributed by atoms with Gasteiger partial charge in [0.05, 0.1) is 12.6 Å². The van der Waals surface area contributed by atoms with Gasteiger partial charge in [-0.2, -0.15) is 0 Å². The number of fused-ring (bicyclic) bond motifs is 1. The second kappa shape index (κ2) is 7.52. The third kappa shape index (κ3) is 4.25. The van der Waals surface area contributed by atoms with E-state index < -0.39 is 17.4 Å². The average molecular weight is 411 g/mol. The van der Waals surface area contributed by atoms with Gasteiger partial charge < -0.3 is 19.0 Å². The molecule has 1 aromatic rings. The normalized spacial score (nSPS) is 23.4. The molecular formula is C20H27ClN2O5. The minimum atomic E-state index is -0.803. The van der Waals surface area contributed by atoms with E-state index in [2.05, 4.69) is 4.98 Å². The lowest BCUT2D eigenvalue weighted by Crippen LogP contribution is -2.51. The molecule has 28 heavy (non-hydrogen) atoms. The quantitative estimate of drug-likeness (QED) is 0.708. The van der Waals surface area contributed by atoms with Gasteiger partial charge in [-0.25, -0.2) is 9.78 Å². The zero-order valence-corrected chi connectivity index (χ0v) is 17.7. The van der Waals surface area contributed by atoms with E-state index in [1.165, 1.54) is 0 Å². The van der Waals surface area contributed by atoms with Crippen molar-refractivity contribution in [2.75, 3.05) is 13.2 Å². The molecule has 154 valence electrons. The fourth-order valence-electron chi connectivity index (χ4n) is 3.61. The molecule has 1 aromatic heterocycles. The average Bonchev–Trinajstić information content (AvgIpc) is 3.13. The number of aromatic nitrogens is 1. The smallest absolute Gasteiger partial charge is 0.413 e. The Morgan fingerprint density at radius 3 is 2.79 bits per heavy atom. The number of ether oxygens (including phenoxy) is 3. The van der Waals surface area contributed by atoms with Gasteiger partial charge in [-0.15, -0.1) is 0 Å². The lowest BCUT2D eigenvalue weighted by Gasteiger charge is -2.34. The minimum absolute atomic E-state index is 0.0590. The summed E-state index contributed by atoms with van der Waals surface area (Å²) in [6, 6.07) is -0.335. The third-order valence-corrected chi connectivity index (χ3v) is 5.29. The summed E-state index contributed by atoms with van der Waals surface area (Å²) in [5, 5.41) is 0.434. The maximum Gasteiger partial charge on any atom is 0.413 e. The van der Waals surface area contributed by atoms with Crippen molar-refractivity contribution in [1.82, 2.24) is 9.88 Å². The molecule has 2 aliphatic rings. The minimum Gasteiger partial charge on any atom is -0.474 e. The van der Waals surface area contributed by atoms with Crippen LogP contribution in [0.2, 0.25) is 5.02 Å². The molecule has 1 unspecified atom stereocenters. The molecule has 1 fully saturated rings. The van der Waals surface area contributed by atoms with E-state index in [1.54, 1.807) is 11.1 Å². The predicted molar refractivity (Wildman–Crippen MR) is 104 cm³/mol. The van der Waals surface area contributed by atoms with E-state index in [1.807, 2.05) is 34.6 Å². The first-order valence-electron chi connectivity index (χ1n) is 9.42. The van der Waals surface area contributed by atoms with Crippen molar-refractivity contribution in [3.63, 3.8) is 0 Å². The van der Waals surface area contributed by atoms with Crippen LogP contribution in [0.3, 0.4) is 0 Å².